The van der Waals surface area contributed by atoms with Crippen LogP contribution in [0.1, 0.15) is 10.4 Å². The summed E-state index contributed by atoms with van der Waals surface area (Å²) >= 11 is 5.88. The third-order valence-electron chi connectivity index (χ3n) is 2.70. The highest BCUT2D eigenvalue weighted by atomic mass is 35.5. The van der Waals surface area contributed by atoms with Gasteiger partial charge in [0.2, 0.25) is 5.91 Å². The van der Waals surface area contributed by atoms with Crippen LogP contribution < -0.4 is 10.6 Å². The van der Waals surface area contributed by atoms with E-state index >= 15 is 0 Å². The lowest BCUT2D eigenvalue weighted by Gasteiger charge is -2.21. The van der Waals surface area contributed by atoms with E-state index in [1.807, 2.05) is 6.07 Å². The first kappa shape index (κ1) is 14.1. The Kier molecular flexibility index (Phi) is 4.38. The number of hydrogen-bond donors (Lipinski definition) is 1. The van der Waals surface area contributed by atoms with Crippen molar-refractivity contribution in [3.63, 3.8) is 0 Å². The summed E-state index contributed by atoms with van der Waals surface area (Å²) in [5.74, 6) is -0.901. The van der Waals surface area contributed by atoms with Gasteiger partial charge in [-0.1, -0.05) is 35.9 Å². The van der Waals surface area contributed by atoms with Gasteiger partial charge in [0.05, 0.1) is 0 Å². The summed E-state index contributed by atoms with van der Waals surface area (Å²) in [6, 6.07) is 15.4. The number of rotatable bonds is 4. The minimum Gasteiger partial charge on any atom is -0.368 e. The third-order valence-corrected chi connectivity index (χ3v) is 2.93. The first-order valence-corrected chi connectivity index (χ1v) is 6.36. The summed E-state index contributed by atoms with van der Waals surface area (Å²) < 4.78 is 0. The van der Waals surface area contributed by atoms with Crippen molar-refractivity contribution in [2.75, 3.05) is 11.4 Å². The predicted octanol–water partition coefficient (Wildman–Crippen LogP) is 2.47. The van der Waals surface area contributed by atoms with Gasteiger partial charge in [-0.3, -0.25) is 14.5 Å². The van der Waals surface area contributed by atoms with E-state index in [4.69, 9.17) is 17.3 Å². The lowest BCUT2D eigenvalue weighted by atomic mass is 10.1. The maximum atomic E-state index is 12.5. The molecule has 2 aromatic rings. The fraction of sp³-hybridized carbons (Fsp3) is 0.0667. The van der Waals surface area contributed by atoms with E-state index in [0.717, 1.165) is 0 Å². The molecule has 0 spiro atoms. The summed E-state index contributed by atoms with van der Waals surface area (Å²) in [6.07, 6.45) is 0. The van der Waals surface area contributed by atoms with Crippen molar-refractivity contribution in [3.05, 3.63) is 65.2 Å². The van der Waals surface area contributed by atoms with E-state index in [1.54, 1.807) is 48.5 Å². The average Bonchev–Trinajstić information content (AvgIpc) is 2.45. The number of benzene rings is 2. The lowest BCUT2D eigenvalue weighted by Crippen LogP contribution is -2.38. The van der Waals surface area contributed by atoms with E-state index in [0.29, 0.717) is 16.3 Å². The molecule has 0 fully saturated rings. The molecule has 0 saturated carbocycles. The van der Waals surface area contributed by atoms with E-state index in [2.05, 4.69) is 0 Å². The van der Waals surface area contributed by atoms with Gasteiger partial charge in [0.15, 0.2) is 0 Å². The quantitative estimate of drug-likeness (QED) is 0.939. The standard InChI is InChI=1S/C15H13ClN2O2/c16-12-6-4-5-11(9-12)15(20)18(10-14(17)19)13-7-2-1-3-8-13/h1-9H,10H2,(H2,17,19). The second-order valence-corrected chi connectivity index (χ2v) is 4.64. The molecule has 4 nitrogen and oxygen atoms in total. The molecule has 0 saturated heterocycles. The van der Waals surface area contributed by atoms with E-state index in [1.165, 1.54) is 4.90 Å². The van der Waals surface area contributed by atoms with E-state index < -0.39 is 5.91 Å². The first-order valence-electron chi connectivity index (χ1n) is 5.98. The topological polar surface area (TPSA) is 63.4 Å². The van der Waals surface area contributed by atoms with Gasteiger partial charge in [0.25, 0.3) is 5.91 Å². The van der Waals surface area contributed by atoms with Crippen LogP contribution in [-0.2, 0) is 4.79 Å². The summed E-state index contributed by atoms with van der Waals surface area (Å²) in [6.45, 7) is -0.185. The number of anilines is 1. The zero-order chi connectivity index (χ0) is 14.5. The molecule has 0 aliphatic heterocycles. The van der Waals surface area contributed by atoms with Crippen molar-refractivity contribution in [3.8, 4) is 0 Å². The highest BCUT2D eigenvalue weighted by Crippen LogP contribution is 2.18. The average molecular weight is 289 g/mol. The monoisotopic (exact) mass is 288 g/mol. The van der Waals surface area contributed by atoms with Crippen LogP contribution in [0.2, 0.25) is 5.02 Å². The Hall–Kier alpha value is -2.33. The van der Waals surface area contributed by atoms with Crippen LogP contribution in [0.25, 0.3) is 0 Å². The zero-order valence-corrected chi connectivity index (χ0v) is 11.4. The van der Waals surface area contributed by atoms with Crippen LogP contribution in [0, 0.1) is 0 Å². The van der Waals surface area contributed by atoms with Crippen LogP contribution in [0.3, 0.4) is 0 Å². The first-order chi connectivity index (χ1) is 9.58. The molecule has 2 aromatic carbocycles. The zero-order valence-electron chi connectivity index (χ0n) is 10.6. The number of para-hydroxylation sites is 1. The molecule has 102 valence electrons. The Bertz CT molecular complexity index is 629. The van der Waals surface area contributed by atoms with Gasteiger partial charge in [-0.15, -0.1) is 0 Å². The van der Waals surface area contributed by atoms with E-state index in [9.17, 15) is 9.59 Å². The molecule has 0 bridgehead atoms. The third kappa shape index (κ3) is 3.36. The van der Waals surface area contributed by atoms with Crippen molar-refractivity contribution < 1.29 is 9.59 Å². The number of primary amides is 1. The smallest absolute Gasteiger partial charge is 0.258 e. The number of amides is 2. The van der Waals surface area contributed by atoms with Crippen molar-refractivity contribution in [1.82, 2.24) is 0 Å². The van der Waals surface area contributed by atoms with Crippen molar-refractivity contribution in [2.45, 2.75) is 0 Å². The second-order valence-electron chi connectivity index (χ2n) is 4.20. The van der Waals surface area contributed by atoms with E-state index in [-0.39, 0.29) is 12.5 Å². The van der Waals surface area contributed by atoms with Crippen LogP contribution in [0.15, 0.2) is 54.6 Å². The molecule has 20 heavy (non-hydrogen) atoms. The fourth-order valence-corrected chi connectivity index (χ4v) is 2.01. The van der Waals surface area contributed by atoms with Crippen molar-refractivity contribution >= 4 is 29.1 Å². The minimum absolute atomic E-state index is 0.185. The Labute approximate surface area is 121 Å². The highest BCUT2D eigenvalue weighted by Gasteiger charge is 2.19. The molecule has 0 heterocycles. The van der Waals surface area contributed by atoms with Crippen LogP contribution in [0.5, 0.6) is 0 Å². The molecule has 0 atom stereocenters. The number of halogens is 1. The molecule has 0 aromatic heterocycles. The Morgan fingerprint density at radius 3 is 2.35 bits per heavy atom. The number of nitrogens with zero attached hydrogens (tertiary/aromatic N) is 1. The summed E-state index contributed by atoms with van der Waals surface area (Å²) in [4.78, 5) is 25.0. The fourth-order valence-electron chi connectivity index (χ4n) is 1.82. The number of carbonyl (C=O) groups excluding carboxylic acids is 2. The molecule has 0 radical (unpaired) electrons. The van der Waals surface area contributed by atoms with Gasteiger partial charge in [0, 0.05) is 16.3 Å². The largest absolute Gasteiger partial charge is 0.368 e. The number of nitrogens with two attached hydrogens (primary N) is 1. The van der Waals surface area contributed by atoms with Crippen LogP contribution >= 0.6 is 11.6 Å². The van der Waals surface area contributed by atoms with Gasteiger partial charge in [-0.05, 0) is 30.3 Å². The molecule has 2 N–H and O–H groups in total. The van der Waals surface area contributed by atoms with Crippen molar-refractivity contribution in [1.29, 1.82) is 0 Å². The van der Waals surface area contributed by atoms with Crippen LogP contribution in [-0.4, -0.2) is 18.4 Å². The molecule has 2 rings (SSSR count). The minimum atomic E-state index is -0.579. The van der Waals surface area contributed by atoms with Gasteiger partial charge in [-0.25, -0.2) is 0 Å². The number of hydrogen-bond acceptors (Lipinski definition) is 2. The van der Waals surface area contributed by atoms with Gasteiger partial charge in [-0.2, -0.15) is 0 Å². The molecule has 2 amide bonds. The number of carbonyl (C=O) groups is 2. The Morgan fingerprint density at radius 2 is 1.75 bits per heavy atom. The molecule has 5 heteroatoms. The Morgan fingerprint density at radius 1 is 1.05 bits per heavy atom. The highest BCUT2D eigenvalue weighted by molar-refractivity contribution is 6.31. The van der Waals surface area contributed by atoms with Crippen LogP contribution in [0.4, 0.5) is 5.69 Å². The molecular weight excluding hydrogens is 276 g/mol. The molecule has 0 aliphatic rings. The molecule has 0 unspecified atom stereocenters. The Balaban J connectivity index is 2.36. The summed E-state index contributed by atoms with van der Waals surface area (Å²) in [7, 11) is 0. The maximum Gasteiger partial charge on any atom is 0.258 e. The molecule has 0 aliphatic carbocycles. The maximum absolute atomic E-state index is 12.5. The van der Waals surface area contributed by atoms with Gasteiger partial charge < -0.3 is 5.73 Å². The second kappa shape index (κ2) is 6.21. The van der Waals surface area contributed by atoms with Gasteiger partial charge >= 0.3 is 0 Å². The lowest BCUT2D eigenvalue weighted by molar-refractivity contribution is -0.116. The molecular formula is C15H13ClN2O2. The summed E-state index contributed by atoms with van der Waals surface area (Å²) in [5.41, 5.74) is 6.23. The SMILES string of the molecule is NC(=O)CN(C(=O)c1cccc(Cl)c1)c1ccccc1. The predicted molar refractivity (Wildman–Crippen MR) is 78.8 cm³/mol. The summed E-state index contributed by atoms with van der Waals surface area (Å²) in [5, 5.41) is 0.461. The normalized spacial score (nSPS) is 10.1. The van der Waals surface area contributed by atoms with Gasteiger partial charge in [0.1, 0.15) is 6.54 Å². The van der Waals surface area contributed by atoms with Crippen molar-refractivity contribution in [2.24, 2.45) is 5.73 Å².